The molecule has 2 fully saturated rings. The Bertz CT molecular complexity index is 873. The number of aryl methyl sites for hydroxylation is 1. The first-order valence-electron chi connectivity index (χ1n) is 8.60. The number of amides is 2. The van der Waals surface area contributed by atoms with Crippen LogP contribution in [0.3, 0.4) is 0 Å². The Morgan fingerprint density at radius 3 is 2.81 bits per heavy atom. The van der Waals surface area contributed by atoms with Crippen LogP contribution >= 0.6 is 11.8 Å². The van der Waals surface area contributed by atoms with Crippen LogP contribution < -0.4 is 5.32 Å². The molecule has 4 rings (SSSR count). The third-order valence-electron chi connectivity index (χ3n) is 5.11. The molecular weight excluding hydrogens is 351 g/mol. The molecule has 1 N–H and O–H groups in total. The zero-order valence-corrected chi connectivity index (χ0v) is 15.2. The highest BCUT2D eigenvalue weighted by molar-refractivity contribution is 8.00. The van der Waals surface area contributed by atoms with E-state index in [1.54, 1.807) is 22.7 Å². The summed E-state index contributed by atoms with van der Waals surface area (Å²) in [6, 6.07) is 13.6. The molecule has 134 valence electrons. The topological polar surface area (TPSA) is 49.4 Å². The Kier molecular flexibility index (Phi) is 4.23. The zero-order valence-electron chi connectivity index (χ0n) is 14.4. The Morgan fingerprint density at radius 1 is 1.27 bits per heavy atom. The first-order chi connectivity index (χ1) is 12.5. The molecule has 6 heteroatoms. The maximum atomic E-state index is 13.5. The largest absolute Gasteiger partial charge is 0.324 e. The summed E-state index contributed by atoms with van der Waals surface area (Å²) in [5, 5.41) is 2.81. The van der Waals surface area contributed by atoms with Gasteiger partial charge in [-0.25, -0.2) is 4.39 Å². The van der Waals surface area contributed by atoms with E-state index in [2.05, 4.69) is 5.32 Å². The molecule has 0 radical (unpaired) electrons. The summed E-state index contributed by atoms with van der Waals surface area (Å²) >= 11 is 1.64. The van der Waals surface area contributed by atoms with Crippen molar-refractivity contribution < 1.29 is 14.0 Å². The van der Waals surface area contributed by atoms with E-state index in [9.17, 15) is 14.0 Å². The molecule has 2 atom stereocenters. The first kappa shape index (κ1) is 17.1. The van der Waals surface area contributed by atoms with Gasteiger partial charge in [-0.3, -0.25) is 9.59 Å². The van der Waals surface area contributed by atoms with E-state index in [4.69, 9.17) is 0 Å². The molecule has 2 heterocycles. The maximum absolute atomic E-state index is 13.5. The highest BCUT2D eigenvalue weighted by Crippen LogP contribution is 2.54. The Labute approximate surface area is 155 Å². The van der Waals surface area contributed by atoms with Gasteiger partial charge in [0.25, 0.3) is 0 Å². The fourth-order valence-corrected chi connectivity index (χ4v) is 5.43. The van der Waals surface area contributed by atoms with Crippen molar-refractivity contribution in [3.8, 4) is 0 Å². The quantitative estimate of drug-likeness (QED) is 0.897. The van der Waals surface area contributed by atoms with Crippen LogP contribution in [0, 0.1) is 12.7 Å². The molecule has 0 aliphatic carbocycles. The number of nitrogens with one attached hydrogen (secondary N) is 1. The van der Waals surface area contributed by atoms with Gasteiger partial charge in [0.05, 0.1) is 0 Å². The summed E-state index contributed by atoms with van der Waals surface area (Å²) in [6.45, 7) is 1.81. The summed E-state index contributed by atoms with van der Waals surface area (Å²) in [6.07, 6.45) is 1.13. The number of thioether (sulfide) groups is 1. The van der Waals surface area contributed by atoms with Crippen LogP contribution in [-0.2, 0) is 14.5 Å². The molecule has 2 saturated heterocycles. The van der Waals surface area contributed by atoms with Gasteiger partial charge >= 0.3 is 0 Å². The number of fused-ring (bicyclic) bond motifs is 1. The number of rotatable bonds is 3. The lowest BCUT2D eigenvalue weighted by Crippen LogP contribution is -2.48. The van der Waals surface area contributed by atoms with Gasteiger partial charge in [-0.1, -0.05) is 36.4 Å². The SMILES string of the molecule is Cc1ccc(F)cc1NC(=O)[C@H]1CS[C@@]2(c3ccccc3)CCC(=O)N12. The lowest BCUT2D eigenvalue weighted by molar-refractivity contribution is -0.136. The molecule has 0 unspecified atom stereocenters. The van der Waals surface area contributed by atoms with Crippen molar-refractivity contribution in [2.24, 2.45) is 0 Å². The number of anilines is 1. The minimum Gasteiger partial charge on any atom is -0.324 e. The van der Waals surface area contributed by atoms with Gasteiger partial charge in [-0.05, 0) is 36.6 Å². The molecule has 2 amide bonds. The Balaban J connectivity index is 1.63. The van der Waals surface area contributed by atoms with Gasteiger partial charge in [-0.15, -0.1) is 11.8 Å². The number of hydrogen-bond acceptors (Lipinski definition) is 3. The fraction of sp³-hybridized carbons (Fsp3) is 0.300. The highest BCUT2D eigenvalue weighted by atomic mass is 32.2. The van der Waals surface area contributed by atoms with Gasteiger partial charge in [0.15, 0.2) is 0 Å². The third kappa shape index (κ3) is 2.69. The Morgan fingerprint density at radius 2 is 2.04 bits per heavy atom. The number of hydrogen-bond donors (Lipinski definition) is 1. The van der Waals surface area contributed by atoms with Crippen molar-refractivity contribution in [1.29, 1.82) is 0 Å². The molecule has 26 heavy (non-hydrogen) atoms. The van der Waals surface area contributed by atoms with Gasteiger partial charge < -0.3 is 10.2 Å². The number of nitrogens with zero attached hydrogens (tertiary/aromatic N) is 1. The molecule has 2 aromatic rings. The number of halogens is 1. The molecule has 2 aliphatic heterocycles. The van der Waals surface area contributed by atoms with Crippen LogP contribution in [0.25, 0.3) is 0 Å². The molecule has 0 aromatic heterocycles. The minimum atomic E-state index is -0.558. The molecule has 0 saturated carbocycles. The molecule has 0 bridgehead atoms. The molecular formula is C20H19FN2O2S. The van der Waals surface area contributed by atoms with E-state index in [0.717, 1.165) is 11.1 Å². The van der Waals surface area contributed by atoms with Crippen molar-refractivity contribution in [1.82, 2.24) is 4.90 Å². The maximum Gasteiger partial charge on any atom is 0.248 e. The monoisotopic (exact) mass is 370 g/mol. The van der Waals surface area contributed by atoms with E-state index in [1.165, 1.54) is 12.1 Å². The fourth-order valence-electron chi connectivity index (χ4n) is 3.78. The van der Waals surface area contributed by atoms with E-state index in [-0.39, 0.29) is 11.8 Å². The molecule has 0 spiro atoms. The summed E-state index contributed by atoms with van der Waals surface area (Å²) in [4.78, 5) is 26.8. The normalized spacial score (nSPS) is 24.6. The van der Waals surface area contributed by atoms with E-state index in [0.29, 0.717) is 24.3 Å². The van der Waals surface area contributed by atoms with Crippen LogP contribution in [0.1, 0.15) is 24.0 Å². The van der Waals surface area contributed by atoms with Gasteiger partial charge in [0.1, 0.15) is 16.7 Å². The lowest BCUT2D eigenvalue weighted by Gasteiger charge is -2.34. The first-order valence-corrected chi connectivity index (χ1v) is 9.58. The highest BCUT2D eigenvalue weighted by Gasteiger charge is 2.56. The number of benzene rings is 2. The third-order valence-corrected chi connectivity index (χ3v) is 6.71. The smallest absolute Gasteiger partial charge is 0.248 e. The summed E-state index contributed by atoms with van der Waals surface area (Å²) in [5.74, 6) is -0.141. The van der Waals surface area contributed by atoms with Crippen LogP contribution in [-0.4, -0.2) is 28.5 Å². The van der Waals surface area contributed by atoms with Gasteiger partial charge in [0, 0.05) is 17.9 Å². The molecule has 2 aromatic carbocycles. The average Bonchev–Trinajstić information content (AvgIpc) is 3.18. The average molecular weight is 370 g/mol. The summed E-state index contributed by atoms with van der Waals surface area (Å²) in [5.41, 5.74) is 2.28. The summed E-state index contributed by atoms with van der Waals surface area (Å²) < 4.78 is 13.5. The second-order valence-electron chi connectivity index (χ2n) is 6.69. The minimum absolute atomic E-state index is 0.00466. The number of carbonyl (C=O) groups is 2. The van der Waals surface area contributed by atoms with Crippen molar-refractivity contribution >= 4 is 29.3 Å². The molecule has 2 aliphatic rings. The van der Waals surface area contributed by atoms with Crippen LogP contribution in [0.15, 0.2) is 48.5 Å². The Hall–Kier alpha value is -2.34. The van der Waals surface area contributed by atoms with E-state index < -0.39 is 16.7 Å². The molecule has 4 nitrogen and oxygen atoms in total. The second kappa shape index (κ2) is 6.43. The second-order valence-corrected chi connectivity index (χ2v) is 7.99. The zero-order chi connectivity index (χ0) is 18.3. The predicted octanol–water partition coefficient (Wildman–Crippen LogP) is 3.66. The van der Waals surface area contributed by atoms with Crippen LogP contribution in [0.4, 0.5) is 10.1 Å². The van der Waals surface area contributed by atoms with E-state index in [1.807, 2.05) is 37.3 Å². The van der Waals surface area contributed by atoms with Crippen molar-refractivity contribution in [2.45, 2.75) is 30.7 Å². The predicted molar refractivity (Wildman–Crippen MR) is 100 cm³/mol. The van der Waals surface area contributed by atoms with Crippen molar-refractivity contribution in [2.75, 3.05) is 11.1 Å². The van der Waals surface area contributed by atoms with Crippen molar-refractivity contribution in [3.63, 3.8) is 0 Å². The standard InChI is InChI=1S/C20H19FN2O2S/c1-13-7-8-15(21)11-16(13)22-19(25)17-12-26-20(10-9-18(24)23(17)20)14-5-3-2-4-6-14/h2-8,11,17H,9-10,12H2,1H3,(H,22,25)/t17-,20-/m1/s1. The van der Waals surface area contributed by atoms with E-state index >= 15 is 0 Å². The van der Waals surface area contributed by atoms with Gasteiger partial charge in [0.2, 0.25) is 11.8 Å². The van der Waals surface area contributed by atoms with Crippen molar-refractivity contribution in [3.05, 3.63) is 65.5 Å². The number of carbonyl (C=O) groups excluding carboxylic acids is 2. The van der Waals surface area contributed by atoms with Gasteiger partial charge in [-0.2, -0.15) is 0 Å². The van der Waals surface area contributed by atoms with Crippen LogP contribution in [0.5, 0.6) is 0 Å². The van der Waals surface area contributed by atoms with Crippen LogP contribution in [0.2, 0.25) is 0 Å². The lowest BCUT2D eigenvalue weighted by atomic mass is 10.0. The summed E-state index contributed by atoms with van der Waals surface area (Å²) in [7, 11) is 0.